The van der Waals surface area contributed by atoms with Crippen molar-refractivity contribution in [2.75, 3.05) is 6.61 Å². The third kappa shape index (κ3) is 6.37. The molecule has 0 heterocycles. The maximum Gasteiger partial charge on any atom is 0.328 e. The highest BCUT2D eigenvalue weighted by atomic mass is 16.6. The molecule has 0 fully saturated rings. The minimum atomic E-state index is -1.24. The van der Waals surface area contributed by atoms with Gasteiger partial charge in [0.1, 0.15) is 5.75 Å². The molecule has 4 nitrogen and oxygen atoms in total. The van der Waals surface area contributed by atoms with Crippen LogP contribution in [0.15, 0.2) is 18.2 Å². The van der Waals surface area contributed by atoms with E-state index in [0.717, 1.165) is 30.4 Å². The molecule has 0 bridgehead atoms. The van der Waals surface area contributed by atoms with Gasteiger partial charge in [0, 0.05) is 0 Å². The summed E-state index contributed by atoms with van der Waals surface area (Å²) < 4.78 is 11.1. The first kappa shape index (κ1) is 23.2. The number of hydrogen-bond acceptors (Lipinski definition) is 4. The summed E-state index contributed by atoms with van der Waals surface area (Å²) in [6.45, 7) is 10.1. The van der Waals surface area contributed by atoms with E-state index in [0.29, 0.717) is 25.2 Å². The van der Waals surface area contributed by atoms with Gasteiger partial charge in [-0.25, -0.2) is 0 Å². The maximum atomic E-state index is 12.9. The van der Waals surface area contributed by atoms with Crippen LogP contribution in [0, 0.1) is 19.3 Å². The van der Waals surface area contributed by atoms with Gasteiger partial charge in [-0.3, -0.25) is 9.59 Å². The zero-order valence-corrected chi connectivity index (χ0v) is 17.7. The Balaban J connectivity index is 2.68. The van der Waals surface area contributed by atoms with Crippen LogP contribution < -0.4 is 4.74 Å². The Morgan fingerprint density at radius 2 is 1.52 bits per heavy atom. The van der Waals surface area contributed by atoms with Crippen molar-refractivity contribution in [2.45, 2.75) is 86.0 Å². The van der Waals surface area contributed by atoms with Crippen molar-refractivity contribution in [1.29, 1.82) is 0 Å². The fourth-order valence-electron chi connectivity index (χ4n) is 3.13. The van der Waals surface area contributed by atoms with Crippen molar-refractivity contribution in [2.24, 2.45) is 5.41 Å². The third-order valence-corrected chi connectivity index (χ3v) is 5.48. The van der Waals surface area contributed by atoms with E-state index >= 15 is 0 Å². The van der Waals surface area contributed by atoms with Crippen molar-refractivity contribution < 1.29 is 19.1 Å². The molecule has 1 rings (SSSR count). The lowest BCUT2D eigenvalue weighted by atomic mass is 9.82. The summed E-state index contributed by atoms with van der Waals surface area (Å²) in [5.41, 5.74) is 0.718. The number of unbranched alkanes of at least 4 members (excludes halogenated alkanes) is 5. The molecule has 0 saturated heterocycles. The molecule has 0 atom stereocenters. The first-order valence-electron chi connectivity index (χ1n) is 10.4. The molecule has 0 aromatic heterocycles. The normalized spacial score (nSPS) is 11.3. The minimum absolute atomic E-state index is 0.364. The van der Waals surface area contributed by atoms with Crippen LogP contribution in [0.4, 0.5) is 0 Å². The van der Waals surface area contributed by atoms with Crippen LogP contribution in [-0.4, -0.2) is 18.5 Å². The van der Waals surface area contributed by atoms with Gasteiger partial charge in [0.2, 0.25) is 0 Å². The fourth-order valence-corrected chi connectivity index (χ4v) is 3.13. The second kappa shape index (κ2) is 11.8. The van der Waals surface area contributed by atoms with Crippen molar-refractivity contribution in [3.63, 3.8) is 0 Å². The standard InChI is InChI=1S/C23H36O4/c1-6-9-10-11-12-13-17-26-21(24)23(7-2,8-3)22(25)27-20-16-14-15-18(4)19(20)5/h14-16H,6-13,17H2,1-5H3. The molecule has 0 aliphatic rings. The van der Waals surface area contributed by atoms with E-state index in [1.165, 1.54) is 19.3 Å². The van der Waals surface area contributed by atoms with Gasteiger partial charge < -0.3 is 9.47 Å². The minimum Gasteiger partial charge on any atom is -0.465 e. The number of ether oxygens (including phenoxy) is 2. The van der Waals surface area contributed by atoms with Crippen LogP contribution >= 0.6 is 0 Å². The highest BCUT2D eigenvalue weighted by Crippen LogP contribution is 2.32. The second-order valence-electron chi connectivity index (χ2n) is 7.28. The number of hydrogen-bond donors (Lipinski definition) is 0. The van der Waals surface area contributed by atoms with E-state index in [2.05, 4.69) is 6.92 Å². The molecule has 1 aromatic carbocycles. The van der Waals surface area contributed by atoms with Crippen LogP contribution in [0.3, 0.4) is 0 Å². The number of benzene rings is 1. The molecule has 4 heteroatoms. The van der Waals surface area contributed by atoms with Crippen molar-refractivity contribution in [3.05, 3.63) is 29.3 Å². The molecule has 1 aromatic rings. The predicted molar refractivity (Wildman–Crippen MR) is 109 cm³/mol. The molecule has 0 aliphatic carbocycles. The first-order valence-corrected chi connectivity index (χ1v) is 10.4. The van der Waals surface area contributed by atoms with Crippen LogP contribution in [0.2, 0.25) is 0 Å². The molecule has 0 N–H and O–H groups in total. The second-order valence-corrected chi connectivity index (χ2v) is 7.28. The van der Waals surface area contributed by atoms with Gasteiger partial charge in [-0.2, -0.15) is 0 Å². The van der Waals surface area contributed by atoms with Gasteiger partial charge in [0.25, 0.3) is 0 Å². The van der Waals surface area contributed by atoms with Gasteiger partial charge in [-0.1, -0.05) is 65.0 Å². The quantitative estimate of drug-likeness (QED) is 0.197. The van der Waals surface area contributed by atoms with Gasteiger partial charge in [0.15, 0.2) is 5.41 Å². The highest BCUT2D eigenvalue weighted by Gasteiger charge is 2.46. The Kier molecular flexibility index (Phi) is 10.1. The fraction of sp³-hybridized carbons (Fsp3) is 0.652. The average Bonchev–Trinajstić information content (AvgIpc) is 2.66. The SMILES string of the molecule is CCCCCCCCOC(=O)C(CC)(CC)C(=O)Oc1cccc(C)c1C. The number of carbonyl (C=O) groups excluding carboxylic acids is 2. The summed E-state index contributed by atoms with van der Waals surface area (Å²) in [6.07, 6.45) is 7.46. The summed E-state index contributed by atoms with van der Waals surface area (Å²) in [4.78, 5) is 25.6. The lowest BCUT2D eigenvalue weighted by Crippen LogP contribution is -2.42. The number of esters is 2. The van der Waals surface area contributed by atoms with Crippen molar-refractivity contribution in [1.82, 2.24) is 0 Å². The Morgan fingerprint density at radius 1 is 0.889 bits per heavy atom. The smallest absolute Gasteiger partial charge is 0.328 e. The van der Waals surface area contributed by atoms with Crippen LogP contribution in [0.1, 0.15) is 83.3 Å². The van der Waals surface area contributed by atoms with Crippen LogP contribution in [-0.2, 0) is 14.3 Å². The molecule has 0 radical (unpaired) electrons. The highest BCUT2D eigenvalue weighted by molar-refractivity contribution is 6.00. The number of rotatable bonds is 12. The predicted octanol–water partition coefficient (Wildman–Crippen LogP) is 5.92. The van der Waals surface area contributed by atoms with E-state index in [-0.39, 0.29) is 0 Å². The summed E-state index contributed by atoms with van der Waals surface area (Å²) in [7, 11) is 0. The molecule has 152 valence electrons. The molecule has 0 spiro atoms. The van der Waals surface area contributed by atoms with E-state index in [1.54, 1.807) is 6.07 Å². The van der Waals surface area contributed by atoms with E-state index in [1.807, 2.05) is 39.8 Å². The van der Waals surface area contributed by atoms with Gasteiger partial charge >= 0.3 is 11.9 Å². The molecule has 0 aliphatic heterocycles. The third-order valence-electron chi connectivity index (χ3n) is 5.48. The Hall–Kier alpha value is -1.84. The topological polar surface area (TPSA) is 52.6 Å². The summed E-state index contributed by atoms with van der Waals surface area (Å²) in [6, 6.07) is 5.58. The summed E-state index contributed by atoms with van der Waals surface area (Å²) in [5.74, 6) is -0.472. The Labute approximate surface area is 164 Å². The lowest BCUT2D eigenvalue weighted by molar-refractivity contribution is -0.168. The monoisotopic (exact) mass is 376 g/mol. The van der Waals surface area contributed by atoms with E-state index in [4.69, 9.17) is 9.47 Å². The van der Waals surface area contributed by atoms with Crippen LogP contribution in [0.25, 0.3) is 0 Å². The van der Waals surface area contributed by atoms with Gasteiger partial charge in [-0.15, -0.1) is 0 Å². The molecule has 0 unspecified atom stereocenters. The van der Waals surface area contributed by atoms with E-state index in [9.17, 15) is 9.59 Å². The van der Waals surface area contributed by atoms with Crippen LogP contribution in [0.5, 0.6) is 5.75 Å². The number of carbonyl (C=O) groups is 2. The first-order chi connectivity index (χ1) is 12.9. The Morgan fingerprint density at radius 3 is 2.15 bits per heavy atom. The maximum absolute atomic E-state index is 12.9. The van der Waals surface area contributed by atoms with Gasteiger partial charge in [-0.05, 0) is 50.3 Å². The van der Waals surface area contributed by atoms with Gasteiger partial charge in [0.05, 0.1) is 6.61 Å². The summed E-state index contributed by atoms with van der Waals surface area (Å²) in [5, 5.41) is 0. The molecular weight excluding hydrogens is 340 g/mol. The Bertz CT molecular complexity index is 602. The molecule has 0 amide bonds. The lowest BCUT2D eigenvalue weighted by Gasteiger charge is -2.27. The number of aryl methyl sites for hydroxylation is 1. The van der Waals surface area contributed by atoms with Crippen molar-refractivity contribution in [3.8, 4) is 5.75 Å². The molecule has 27 heavy (non-hydrogen) atoms. The molecular formula is C23H36O4. The average molecular weight is 377 g/mol. The largest absolute Gasteiger partial charge is 0.465 e. The van der Waals surface area contributed by atoms with Crippen molar-refractivity contribution >= 4 is 11.9 Å². The van der Waals surface area contributed by atoms with E-state index < -0.39 is 17.4 Å². The summed E-state index contributed by atoms with van der Waals surface area (Å²) >= 11 is 0. The zero-order valence-electron chi connectivity index (χ0n) is 17.7. The molecule has 0 saturated carbocycles. The zero-order chi connectivity index (χ0) is 20.3.